The van der Waals surface area contributed by atoms with Gasteiger partial charge in [0, 0.05) is 19.8 Å². The Balaban J connectivity index is 2.35. The molecule has 0 aliphatic heterocycles. The third-order valence-electron chi connectivity index (χ3n) is 2.10. The van der Waals surface area contributed by atoms with Crippen LogP contribution in [-0.4, -0.2) is 32.2 Å². The van der Waals surface area contributed by atoms with Crippen molar-refractivity contribution in [3.63, 3.8) is 0 Å². The second-order valence-corrected chi connectivity index (χ2v) is 4.56. The molecule has 0 aliphatic rings. The van der Waals surface area contributed by atoms with Gasteiger partial charge in [0.1, 0.15) is 0 Å². The molecule has 1 rings (SSSR count). The quantitative estimate of drug-likeness (QED) is 0.601. The molecular weight excluding hydrogens is 248 g/mol. The van der Waals surface area contributed by atoms with Crippen LogP contribution in [0.3, 0.4) is 0 Å². The highest BCUT2D eigenvalue weighted by Gasteiger charge is 2.07. The molecule has 0 spiro atoms. The molecule has 1 heterocycles. The maximum Gasteiger partial charge on any atom is 0.261 e. The Hall–Kier alpha value is -1.35. The fraction of sp³-hybridized carbons (Fsp3) is 0.462. The lowest BCUT2D eigenvalue weighted by Crippen LogP contribution is -2.24. The number of carbonyl (C=O) groups excluding carboxylic acids is 1. The molecule has 0 unspecified atom stereocenters. The molecule has 0 radical (unpaired) electrons. The van der Waals surface area contributed by atoms with Gasteiger partial charge in [-0.25, -0.2) is 0 Å². The van der Waals surface area contributed by atoms with Crippen molar-refractivity contribution in [2.75, 3.05) is 26.3 Å². The Kier molecular flexibility index (Phi) is 7.11. The van der Waals surface area contributed by atoms with Crippen LogP contribution in [-0.2, 0) is 4.74 Å². The number of rotatable bonds is 6. The number of amides is 1. The molecular formula is C13H18N2O2S. The highest BCUT2D eigenvalue weighted by Crippen LogP contribution is 2.14. The molecule has 0 bridgehead atoms. The van der Waals surface area contributed by atoms with E-state index in [1.807, 2.05) is 13.0 Å². The number of ether oxygens (including phenoxy) is 1. The second-order valence-electron chi connectivity index (χ2n) is 3.48. The molecule has 0 aromatic carbocycles. The monoisotopic (exact) mass is 266 g/mol. The first-order valence-electron chi connectivity index (χ1n) is 5.92. The van der Waals surface area contributed by atoms with Crippen LogP contribution in [0.4, 0.5) is 0 Å². The minimum Gasteiger partial charge on any atom is -0.382 e. The maximum atomic E-state index is 11.8. The second kappa shape index (κ2) is 8.70. The molecule has 4 nitrogen and oxygen atoms in total. The van der Waals surface area contributed by atoms with E-state index >= 15 is 0 Å². The summed E-state index contributed by atoms with van der Waals surface area (Å²) in [6, 6.07) is 3.62. The van der Waals surface area contributed by atoms with Crippen molar-refractivity contribution < 1.29 is 9.53 Å². The third kappa shape index (κ3) is 5.32. The van der Waals surface area contributed by atoms with E-state index in [2.05, 4.69) is 17.2 Å². The summed E-state index contributed by atoms with van der Waals surface area (Å²) in [4.78, 5) is 13.3. The zero-order valence-electron chi connectivity index (χ0n) is 10.5. The lowest BCUT2D eigenvalue weighted by molar-refractivity contribution is 0.0948. The smallest absolute Gasteiger partial charge is 0.261 e. The summed E-state index contributed by atoms with van der Waals surface area (Å²) in [5, 5.41) is 2.85. The molecule has 0 fully saturated rings. The lowest BCUT2D eigenvalue weighted by atomic mass is 10.4. The molecule has 5 heteroatoms. The number of thiophene rings is 1. The highest BCUT2D eigenvalue weighted by atomic mass is 32.1. The van der Waals surface area contributed by atoms with Crippen molar-refractivity contribution in [2.45, 2.75) is 13.3 Å². The van der Waals surface area contributed by atoms with Crippen molar-refractivity contribution in [2.24, 2.45) is 5.73 Å². The topological polar surface area (TPSA) is 64.3 Å². The zero-order valence-corrected chi connectivity index (χ0v) is 11.3. The minimum absolute atomic E-state index is 0.0581. The molecule has 0 saturated heterocycles. The van der Waals surface area contributed by atoms with Gasteiger partial charge in [-0.15, -0.1) is 11.3 Å². The van der Waals surface area contributed by atoms with E-state index in [4.69, 9.17) is 10.5 Å². The molecule has 0 saturated carbocycles. The first kappa shape index (κ1) is 14.7. The van der Waals surface area contributed by atoms with Gasteiger partial charge in [-0.05, 0) is 25.5 Å². The van der Waals surface area contributed by atoms with Crippen LogP contribution in [0.1, 0.15) is 27.9 Å². The van der Waals surface area contributed by atoms with E-state index in [0.29, 0.717) is 31.2 Å². The first-order valence-corrected chi connectivity index (χ1v) is 6.74. The fourth-order valence-corrected chi connectivity index (χ4v) is 2.07. The molecule has 1 aromatic rings. The van der Waals surface area contributed by atoms with Crippen LogP contribution in [0.15, 0.2) is 12.1 Å². The lowest BCUT2D eigenvalue weighted by Gasteiger charge is -2.03. The molecule has 3 N–H and O–H groups in total. The normalized spacial score (nSPS) is 9.67. The van der Waals surface area contributed by atoms with E-state index in [-0.39, 0.29) is 5.91 Å². The van der Waals surface area contributed by atoms with Gasteiger partial charge in [0.15, 0.2) is 0 Å². The van der Waals surface area contributed by atoms with Crippen LogP contribution in [0.2, 0.25) is 0 Å². The Bertz CT molecular complexity index is 432. The Labute approximate surface area is 112 Å². The molecule has 18 heavy (non-hydrogen) atoms. The van der Waals surface area contributed by atoms with Gasteiger partial charge >= 0.3 is 0 Å². The van der Waals surface area contributed by atoms with Gasteiger partial charge in [0.2, 0.25) is 0 Å². The average Bonchev–Trinajstić information content (AvgIpc) is 2.84. The standard InChI is InChI=1S/C13H18N2O2S/c1-2-17-10-4-9-15-13(16)12-7-6-11(18-12)5-3-8-14/h6-7H,2,4,8-10,14H2,1H3,(H,15,16). The number of hydrogen-bond acceptors (Lipinski definition) is 4. The summed E-state index contributed by atoms with van der Waals surface area (Å²) >= 11 is 1.38. The number of carbonyl (C=O) groups is 1. The van der Waals surface area contributed by atoms with E-state index < -0.39 is 0 Å². The van der Waals surface area contributed by atoms with Crippen molar-refractivity contribution >= 4 is 17.2 Å². The van der Waals surface area contributed by atoms with E-state index in [1.165, 1.54) is 11.3 Å². The van der Waals surface area contributed by atoms with E-state index in [9.17, 15) is 4.79 Å². The number of hydrogen-bond donors (Lipinski definition) is 2. The van der Waals surface area contributed by atoms with Crippen molar-refractivity contribution in [1.29, 1.82) is 0 Å². The average molecular weight is 266 g/mol. The van der Waals surface area contributed by atoms with Crippen LogP contribution in [0.5, 0.6) is 0 Å². The number of nitrogens with one attached hydrogen (secondary N) is 1. The van der Waals surface area contributed by atoms with Crippen LogP contribution in [0.25, 0.3) is 0 Å². The predicted molar refractivity (Wildman–Crippen MR) is 73.7 cm³/mol. The summed E-state index contributed by atoms with van der Waals surface area (Å²) in [7, 11) is 0. The molecule has 1 aromatic heterocycles. The van der Waals surface area contributed by atoms with Crippen LogP contribution >= 0.6 is 11.3 Å². The predicted octanol–water partition coefficient (Wildman–Crippen LogP) is 1.21. The van der Waals surface area contributed by atoms with Gasteiger partial charge in [-0.3, -0.25) is 4.79 Å². The molecule has 1 amide bonds. The largest absolute Gasteiger partial charge is 0.382 e. The van der Waals surface area contributed by atoms with E-state index in [1.54, 1.807) is 6.07 Å². The Morgan fingerprint density at radius 1 is 1.56 bits per heavy atom. The SMILES string of the molecule is CCOCCCNC(=O)c1ccc(C#CCN)s1. The van der Waals surface area contributed by atoms with Crippen molar-refractivity contribution in [3.05, 3.63) is 21.9 Å². The van der Waals surface area contributed by atoms with Crippen LogP contribution in [0, 0.1) is 11.8 Å². The molecule has 0 aliphatic carbocycles. The van der Waals surface area contributed by atoms with Gasteiger partial charge in [0.05, 0.1) is 16.3 Å². The minimum atomic E-state index is -0.0581. The zero-order chi connectivity index (χ0) is 13.2. The maximum absolute atomic E-state index is 11.8. The van der Waals surface area contributed by atoms with E-state index in [0.717, 1.165) is 11.3 Å². The van der Waals surface area contributed by atoms with Gasteiger partial charge in [-0.2, -0.15) is 0 Å². The summed E-state index contributed by atoms with van der Waals surface area (Å²) in [6.45, 7) is 4.29. The summed E-state index contributed by atoms with van der Waals surface area (Å²) in [5.74, 6) is 5.61. The van der Waals surface area contributed by atoms with Crippen molar-refractivity contribution in [1.82, 2.24) is 5.32 Å². The summed E-state index contributed by atoms with van der Waals surface area (Å²) < 4.78 is 5.19. The Morgan fingerprint density at radius 2 is 2.39 bits per heavy atom. The highest BCUT2D eigenvalue weighted by molar-refractivity contribution is 7.14. The summed E-state index contributed by atoms with van der Waals surface area (Å²) in [5.41, 5.74) is 5.29. The number of nitrogens with two attached hydrogens (primary N) is 1. The van der Waals surface area contributed by atoms with Gasteiger partial charge in [-0.1, -0.05) is 11.8 Å². The molecule has 0 atom stereocenters. The summed E-state index contributed by atoms with van der Waals surface area (Å²) in [6.07, 6.45) is 0.824. The molecule has 98 valence electrons. The fourth-order valence-electron chi connectivity index (χ4n) is 1.27. The van der Waals surface area contributed by atoms with Crippen molar-refractivity contribution in [3.8, 4) is 11.8 Å². The van der Waals surface area contributed by atoms with Gasteiger partial charge in [0.25, 0.3) is 5.91 Å². The third-order valence-corrected chi connectivity index (χ3v) is 3.10. The Morgan fingerprint density at radius 3 is 3.11 bits per heavy atom. The van der Waals surface area contributed by atoms with Crippen LogP contribution < -0.4 is 11.1 Å². The first-order chi connectivity index (χ1) is 8.77. The van der Waals surface area contributed by atoms with Gasteiger partial charge < -0.3 is 15.8 Å².